The van der Waals surface area contributed by atoms with Crippen LogP contribution in [0.25, 0.3) is 11.0 Å². The van der Waals surface area contributed by atoms with Gasteiger partial charge in [-0.1, -0.05) is 36.6 Å². The first-order chi connectivity index (χ1) is 14.0. The summed E-state index contributed by atoms with van der Waals surface area (Å²) >= 11 is 5.97. The van der Waals surface area contributed by atoms with Crippen molar-refractivity contribution in [2.45, 2.75) is 31.1 Å². The summed E-state index contributed by atoms with van der Waals surface area (Å²) in [6.07, 6.45) is 3.23. The number of hydrogen-bond donors (Lipinski definition) is 3. The van der Waals surface area contributed by atoms with Crippen molar-refractivity contribution in [3.63, 3.8) is 0 Å². The maximum absolute atomic E-state index is 12.9. The molecule has 1 amide bonds. The normalized spacial score (nSPS) is 15.3. The lowest BCUT2D eigenvalue weighted by Crippen LogP contribution is -2.36. The summed E-state index contributed by atoms with van der Waals surface area (Å²) in [6, 6.07) is 12.2. The lowest BCUT2D eigenvalue weighted by molar-refractivity contribution is -0.153. The minimum atomic E-state index is -0.728. The van der Waals surface area contributed by atoms with E-state index in [1.165, 1.54) is 0 Å². The molecule has 1 aliphatic carbocycles. The molecule has 0 unspecified atom stereocenters. The number of aromatic amines is 2. The number of rotatable bonds is 5. The second-order valence-corrected chi connectivity index (χ2v) is 7.70. The van der Waals surface area contributed by atoms with Crippen molar-refractivity contribution in [3.05, 3.63) is 63.5 Å². The van der Waals surface area contributed by atoms with Gasteiger partial charge in [-0.25, -0.2) is 4.79 Å². The average molecular weight is 414 g/mol. The van der Waals surface area contributed by atoms with Crippen molar-refractivity contribution in [2.24, 2.45) is 0 Å². The molecule has 0 saturated heterocycles. The Labute approximate surface area is 171 Å². The van der Waals surface area contributed by atoms with Gasteiger partial charge in [-0.2, -0.15) is 0 Å². The van der Waals surface area contributed by atoms with Gasteiger partial charge in [0.25, 0.3) is 5.91 Å². The number of ether oxygens (including phenoxy) is 1. The van der Waals surface area contributed by atoms with Gasteiger partial charge in [0.1, 0.15) is 0 Å². The Morgan fingerprint density at radius 2 is 1.72 bits per heavy atom. The SMILES string of the molecule is O=C(COC(=O)C1(c2ccc(Cl)cc2)CCCC1)Nc1ccc2[nH]c(=O)[nH]c2c1. The Balaban J connectivity index is 1.42. The second kappa shape index (κ2) is 7.75. The summed E-state index contributed by atoms with van der Waals surface area (Å²) in [4.78, 5) is 41.8. The Bertz CT molecular complexity index is 1110. The highest BCUT2D eigenvalue weighted by Gasteiger charge is 2.44. The van der Waals surface area contributed by atoms with Crippen LogP contribution < -0.4 is 11.0 Å². The molecule has 0 spiro atoms. The smallest absolute Gasteiger partial charge is 0.323 e. The van der Waals surface area contributed by atoms with E-state index < -0.39 is 17.3 Å². The van der Waals surface area contributed by atoms with Gasteiger partial charge in [0.15, 0.2) is 6.61 Å². The number of aromatic nitrogens is 2. The molecule has 3 N–H and O–H groups in total. The maximum atomic E-state index is 12.9. The van der Waals surface area contributed by atoms with Crippen LogP contribution >= 0.6 is 11.6 Å². The zero-order valence-corrected chi connectivity index (χ0v) is 16.3. The fourth-order valence-corrected chi connectivity index (χ4v) is 4.06. The molecule has 4 rings (SSSR count). The standard InChI is InChI=1S/C21H20ClN3O4/c22-14-5-3-13(4-6-14)21(9-1-2-10-21)19(27)29-12-18(26)23-15-7-8-16-17(11-15)25-20(28)24-16/h3-8,11H,1-2,9-10,12H2,(H,23,26)(H2,24,25,28). The van der Waals surface area contributed by atoms with Crippen LogP contribution in [0.5, 0.6) is 0 Å². The van der Waals surface area contributed by atoms with E-state index in [2.05, 4.69) is 15.3 Å². The Hall–Kier alpha value is -3.06. The average Bonchev–Trinajstić information content (AvgIpc) is 3.33. The van der Waals surface area contributed by atoms with E-state index in [0.717, 1.165) is 18.4 Å². The van der Waals surface area contributed by atoms with Gasteiger partial charge >= 0.3 is 11.7 Å². The van der Waals surface area contributed by atoms with Gasteiger partial charge in [-0.05, 0) is 48.7 Å². The zero-order valence-electron chi connectivity index (χ0n) is 15.6. The molecule has 1 saturated carbocycles. The van der Waals surface area contributed by atoms with E-state index in [9.17, 15) is 14.4 Å². The lowest BCUT2D eigenvalue weighted by atomic mass is 9.79. The number of halogens is 1. The van der Waals surface area contributed by atoms with Gasteiger partial charge in [0.2, 0.25) is 0 Å². The van der Waals surface area contributed by atoms with Gasteiger partial charge in [0.05, 0.1) is 16.4 Å². The summed E-state index contributed by atoms with van der Waals surface area (Å²) in [5, 5.41) is 3.29. The molecule has 1 heterocycles. The van der Waals surface area contributed by atoms with Crippen molar-refractivity contribution in [2.75, 3.05) is 11.9 Å². The highest BCUT2D eigenvalue weighted by atomic mass is 35.5. The molecular weight excluding hydrogens is 394 g/mol. The zero-order chi connectivity index (χ0) is 20.4. The number of anilines is 1. The molecule has 0 radical (unpaired) electrons. The largest absolute Gasteiger partial charge is 0.455 e. The molecule has 3 aromatic rings. The van der Waals surface area contributed by atoms with Crippen LogP contribution in [0.1, 0.15) is 31.2 Å². The van der Waals surface area contributed by atoms with Crippen LogP contribution in [0.2, 0.25) is 5.02 Å². The molecule has 0 bridgehead atoms. The number of imidazole rings is 1. The van der Waals surface area contributed by atoms with Crippen LogP contribution in [0.3, 0.4) is 0 Å². The molecule has 1 aromatic heterocycles. The molecule has 0 atom stereocenters. The maximum Gasteiger partial charge on any atom is 0.323 e. The number of carbonyl (C=O) groups excluding carboxylic acids is 2. The summed E-state index contributed by atoms with van der Waals surface area (Å²) in [5.74, 6) is -0.835. The van der Waals surface area contributed by atoms with Crippen molar-refractivity contribution in [1.82, 2.24) is 9.97 Å². The fraction of sp³-hybridized carbons (Fsp3) is 0.286. The topological polar surface area (TPSA) is 104 Å². The van der Waals surface area contributed by atoms with Crippen molar-refractivity contribution in [3.8, 4) is 0 Å². The van der Waals surface area contributed by atoms with E-state index in [4.69, 9.17) is 16.3 Å². The number of H-pyrrole nitrogens is 2. The Kier molecular flexibility index (Phi) is 5.15. The van der Waals surface area contributed by atoms with E-state index in [1.54, 1.807) is 30.3 Å². The van der Waals surface area contributed by atoms with Crippen molar-refractivity contribution >= 4 is 40.2 Å². The van der Waals surface area contributed by atoms with E-state index in [0.29, 0.717) is 34.6 Å². The van der Waals surface area contributed by atoms with Crippen molar-refractivity contribution < 1.29 is 14.3 Å². The van der Waals surface area contributed by atoms with Crippen LogP contribution in [-0.4, -0.2) is 28.5 Å². The second-order valence-electron chi connectivity index (χ2n) is 7.26. The minimum Gasteiger partial charge on any atom is -0.455 e. The van der Waals surface area contributed by atoms with E-state index >= 15 is 0 Å². The van der Waals surface area contributed by atoms with Crippen LogP contribution in [-0.2, 0) is 19.7 Å². The number of esters is 1. The number of benzene rings is 2. The predicted octanol–water partition coefficient (Wildman–Crippen LogP) is 3.50. The van der Waals surface area contributed by atoms with Crippen LogP contribution in [0.15, 0.2) is 47.3 Å². The summed E-state index contributed by atoms with van der Waals surface area (Å²) < 4.78 is 5.39. The van der Waals surface area contributed by atoms with Gasteiger partial charge in [-0.3, -0.25) is 9.59 Å². The molecule has 150 valence electrons. The molecule has 2 aromatic carbocycles. The first-order valence-electron chi connectivity index (χ1n) is 9.41. The highest BCUT2D eigenvalue weighted by molar-refractivity contribution is 6.30. The third-order valence-electron chi connectivity index (χ3n) is 5.38. The Morgan fingerprint density at radius 1 is 1.03 bits per heavy atom. The monoisotopic (exact) mass is 413 g/mol. The predicted molar refractivity (Wildman–Crippen MR) is 110 cm³/mol. The molecule has 8 heteroatoms. The third kappa shape index (κ3) is 3.91. The number of fused-ring (bicyclic) bond motifs is 1. The number of carbonyl (C=O) groups is 2. The highest BCUT2D eigenvalue weighted by Crippen LogP contribution is 2.42. The molecule has 29 heavy (non-hydrogen) atoms. The number of nitrogens with one attached hydrogen (secondary N) is 3. The Morgan fingerprint density at radius 3 is 2.45 bits per heavy atom. The number of hydrogen-bond acceptors (Lipinski definition) is 4. The molecular formula is C21H20ClN3O4. The van der Waals surface area contributed by atoms with Gasteiger partial charge < -0.3 is 20.0 Å². The third-order valence-corrected chi connectivity index (χ3v) is 5.63. The molecule has 7 nitrogen and oxygen atoms in total. The van der Waals surface area contributed by atoms with E-state index in [1.807, 2.05) is 12.1 Å². The van der Waals surface area contributed by atoms with Gasteiger partial charge in [-0.15, -0.1) is 0 Å². The summed E-state index contributed by atoms with van der Waals surface area (Å²) in [7, 11) is 0. The number of amides is 1. The first-order valence-corrected chi connectivity index (χ1v) is 9.79. The quantitative estimate of drug-likeness (QED) is 0.557. The molecule has 0 aliphatic heterocycles. The fourth-order valence-electron chi connectivity index (χ4n) is 3.93. The molecule has 1 fully saturated rings. The molecule has 1 aliphatic rings. The van der Waals surface area contributed by atoms with Crippen molar-refractivity contribution in [1.29, 1.82) is 0 Å². The minimum absolute atomic E-state index is 0.318. The summed E-state index contributed by atoms with van der Waals surface area (Å²) in [6.45, 7) is -0.379. The van der Waals surface area contributed by atoms with E-state index in [-0.39, 0.29) is 12.3 Å². The summed E-state index contributed by atoms with van der Waals surface area (Å²) in [5.41, 5.74) is 1.55. The first kappa shape index (κ1) is 19.3. The van der Waals surface area contributed by atoms with Crippen LogP contribution in [0, 0.1) is 0 Å². The van der Waals surface area contributed by atoms with Crippen LogP contribution in [0.4, 0.5) is 5.69 Å². The van der Waals surface area contributed by atoms with Gasteiger partial charge in [0, 0.05) is 10.7 Å². The lowest BCUT2D eigenvalue weighted by Gasteiger charge is -2.27.